The predicted octanol–water partition coefficient (Wildman–Crippen LogP) is 8.21. The largest absolute Gasteiger partial charge is 0.598 e. The van der Waals surface area contributed by atoms with E-state index in [0.29, 0.717) is 30.6 Å². The molecule has 2 N–H and O–H groups in total. The summed E-state index contributed by atoms with van der Waals surface area (Å²) in [5, 5.41) is 0. The van der Waals surface area contributed by atoms with Gasteiger partial charge < -0.3 is 28.4 Å². The van der Waals surface area contributed by atoms with Crippen molar-refractivity contribution in [2.24, 2.45) is 10.8 Å². The van der Waals surface area contributed by atoms with Crippen molar-refractivity contribution < 1.29 is 28.2 Å². The second-order valence-electron chi connectivity index (χ2n) is 19.7. The number of carbonyl (C=O) groups is 2. The van der Waals surface area contributed by atoms with Gasteiger partial charge in [0.25, 0.3) is 0 Å². The van der Waals surface area contributed by atoms with E-state index >= 15 is 0 Å². The zero-order valence-electron chi connectivity index (χ0n) is 35.3. The van der Waals surface area contributed by atoms with E-state index in [1.165, 1.54) is 16.2 Å². The van der Waals surface area contributed by atoms with Crippen molar-refractivity contribution in [1.29, 1.82) is 0 Å². The molecule has 2 aromatic heterocycles. The van der Waals surface area contributed by atoms with Crippen LogP contribution >= 0.6 is 22.9 Å². The van der Waals surface area contributed by atoms with Gasteiger partial charge >= 0.3 is 12.2 Å². The molecule has 2 aliphatic carbocycles. The first-order valence-corrected chi connectivity index (χ1v) is 23.1. The van der Waals surface area contributed by atoms with Crippen LogP contribution in [-0.2, 0) is 45.0 Å². The lowest BCUT2D eigenvalue weighted by atomic mass is 9.73. The average Bonchev–Trinajstić information content (AvgIpc) is 3.65. The summed E-state index contributed by atoms with van der Waals surface area (Å²) in [7, 11) is 0. The summed E-state index contributed by atoms with van der Waals surface area (Å²) in [4.78, 5) is 38.8. The number of carbonyl (C=O) groups excluding carboxylic acids is 2. The van der Waals surface area contributed by atoms with E-state index in [1.807, 2.05) is 95.3 Å². The minimum Gasteiger partial charge on any atom is -0.598 e. The Bertz CT molecular complexity index is 1700. The first-order chi connectivity index (χ1) is 25.7. The molecule has 2 fully saturated rings. The van der Waals surface area contributed by atoms with Crippen molar-refractivity contribution >= 4 is 57.8 Å². The van der Waals surface area contributed by atoms with Gasteiger partial charge in [-0.05, 0) is 133 Å². The Labute approximate surface area is 349 Å². The first kappa shape index (κ1) is 45.2. The number of piperidine rings is 2. The smallest absolute Gasteiger partial charge is 0.410 e. The molecule has 2 unspecified atom stereocenters. The summed E-state index contributed by atoms with van der Waals surface area (Å²) in [6, 6.07) is 3.90. The monoisotopic (exact) mass is 854 g/mol. The van der Waals surface area contributed by atoms with Crippen LogP contribution in [0.3, 0.4) is 0 Å². The summed E-state index contributed by atoms with van der Waals surface area (Å²) >= 11 is 5.27. The number of ether oxygens (including phenoxy) is 2. The number of nitrogens with one attached hydrogen (secondary N) is 2. The van der Waals surface area contributed by atoms with Crippen molar-refractivity contribution in [3.05, 3.63) is 44.6 Å². The fraction of sp³-hybridized carbons (Fsp3) is 0.750. The number of hydrogen-bond acceptors (Lipinski definition) is 11. The molecule has 2 spiro atoms. The van der Waals surface area contributed by atoms with E-state index in [4.69, 9.17) is 21.1 Å². The number of hydrogen-bond donors (Lipinski definition) is 2. The third-order valence-corrected chi connectivity index (χ3v) is 15.2. The maximum Gasteiger partial charge on any atom is 0.410 e. The summed E-state index contributed by atoms with van der Waals surface area (Å²) in [5.41, 5.74) is 1.99. The highest BCUT2D eigenvalue weighted by Crippen LogP contribution is 2.55. The van der Waals surface area contributed by atoms with Gasteiger partial charge in [-0.1, -0.05) is 17.7 Å². The Balaban J connectivity index is 0.000000214. The third kappa shape index (κ3) is 10.7. The second-order valence-corrected chi connectivity index (χ2v) is 25.4. The molecule has 0 aromatic carbocycles. The third-order valence-electron chi connectivity index (χ3n) is 10.9. The van der Waals surface area contributed by atoms with Gasteiger partial charge in [0.2, 0.25) is 0 Å². The number of rotatable bonds is 4. The van der Waals surface area contributed by atoms with Gasteiger partial charge in [-0.15, -0.1) is 20.8 Å². The van der Waals surface area contributed by atoms with Crippen LogP contribution in [0, 0.1) is 10.8 Å². The van der Waals surface area contributed by atoms with Gasteiger partial charge in [-0.2, -0.15) is 0 Å². The quantitative estimate of drug-likeness (QED) is 0.288. The van der Waals surface area contributed by atoms with Crippen molar-refractivity contribution in [2.75, 3.05) is 26.2 Å². The van der Waals surface area contributed by atoms with Crippen LogP contribution < -0.4 is 9.44 Å². The number of fused-ring (bicyclic) bond motifs is 2. The minimum absolute atomic E-state index is 0.0166. The molecule has 12 nitrogen and oxygen atoms in total. The standard InChI is InChI=1S/C21H33N3O3S.C19H30ClN3O3S2/c1-19(2,3)27-18(25)24-12-9-21(10-13-24)14-16-15(8-7-11-22-16)17(21)23-28(26)20(4,5)6;1-17(2,3)26-16(24)23-9-7-19(8-10-23)11-12-13(21-15(20)27-12)14(19)22-28(25)18(4,5)6/h7-8,11,17,23H,9-10,12-14H2,1-6H3;14,22H,7-11H2,1-6H3/t17-,28?;14-,28?/m11/s1. The van der Waals surface area contributed by atoms with Gasteiger partial charge in [-0.3, -0.25) is 4.98 Å². The molecule has 4 atom stereocenters. The van der Waals surface area contributed by atoms with E-state index in [2.05, 4.69) is 25.5 Å². The highest BCUT2D eigenvalue weighted by atomic mass is 35.5. The van der Waals surface area contributed by atoms with E-state index < -0.39 is 33.9 Å². The molecular weight excluding hydrogens is 792 g/mol. The van der Waals surface area contributed by atoms with Crippen LogP contribution in [0.1, 0.15) is 143 Å². The van der Waals surface area contributed by atoms with Gasteiger partial charge in [-0.25, -0.2) is 14.6 Å². The fourth-order valence-corrected chi connectivity index (χ4v) is 11.0. The van der Waals surface area contributed by atoms with Gasteiger partial charge in [0.15, 0.2) is 4.47 Å². The van der Waals surface area contributed by atoms with Crippen molar-refractivity contribution in [1.82, 2.24) is 29.2 Å². The van der Waals surface area contributed by atoms with E-state index in [9.17, 15) is 18.7 Å². The molecule has 4 heterocycles. The van der Waals surface area contributed by atoms with Gasteiger partial charge in [0.1, 0.15) is 26.7 Å². The van der Waals surface area contributed by atoms with E-state index in [1.54, 1.807) is 9.80 Å². The number of pyridine rings is 1. The van der Waals surface area contributed by atoms with E-state index in [-0.39, 0.29) is 44.6 Å². The SMILES string of the molecule is CC(C)(C)OC(=O)N1CCC2(CC1)Cc1ncccc1[C@H]2N[S+]([O-])C(C)(C)C.CC(C)(C)OC(=O)N1CCC2(CC1)Cc1sc(Cl)nc1[C@H]2N[S+]([O-])C(C)(C)C. The summed E-state index contributed by atoms with van der Waals surface area (Å²) in [6.45, 7) is 25.6. The normalized spacial score (nSPS) is 22.9. The van der Waals surface area contributed by atoms with Crippen molar-refractivity contribution in [2.45, 2.75) is 154 Å². The molecule has 6 rings (SSSR count). The lowest BCUT2D eigenvalue weighted by molar-refractivity contribution is 0.00611. The van der Waals surface area contributed by atoms with Gasteiger partial charge in [0, 0.05) is 76.5 Å². The van der Waals surface area contributed by atoms with Crippen LogP contribution in [-0.4, -0.2) is 87.9 Å². The zero-order valence-corrected chi connectivity index (χ0v) is 38.5. The summed E-state index contributed by atoms with van der Waals surface area (Å²) in [5.74, 6) is 0. The molecule has 2 aliphatic heterocycles. The second kappa shape index (κ2) is 16.7. The van der Waals surface area contributed by atoms with Crippen LogP contribution in [0.2, 0.25) is 4.47 Å². The first-order valence-electron chi connectivity index (χ1n) is 19.6. The minimum atomic E-state index is -1.22. The highest BCUT2D eigenvalue weighted by Gasteiger charge is 2.54. The number of halogens is 1. The Hall–Kier alpha value is -1.85. The molecule has 16 heteroatoms. The number of amides is 2. The van der Waals surface area contributed by atoms with Crippen molar-refractivity contribution in [3.63, 3.8) is 0 Å². The topological polar surface area (TPSA) is 155 Å². The number of likely N-dealkylation sites (tertiary alicyclic amines) is 2. The lowest BCUT2D eigenvalue weighted by Gasteiger charge is -2.43. The zero-order chi connectivity index (χ0) is 41.6. The Morgan fingerprint density at radius 1 is 0.786 bits per heavy atom. The summed E-state index contributed by atoms with van der Waals surface area (Å²) in [6.07, 6.45) is 6.31. The maximum absolute atomic E-state index is 12.9. The lowest BCUT2D eigenvalue weighted by Crippen LogP contribution is -2.51. The fourth-order valence-electron chi connectivity index (χ4n) is 7.81. The number of thiazole rings is 1. The van der Waals surface area contributed by atoms with E-state index in [0.717, 1.165) is 55.5 Å². The molecule has 4 aliphatic rings. The Morgan fingerprint density at radius 2 is 1.23 bits per heavy atom. The Kier molecular flexibility index (Phi) is 13.5. The molecule has 2 saturated heterocycles. The average molecular weight is 856 g/mol. The van der Waals surface area contributed by atoms with Crippen LogP contribution in [0.25, 0.3) is 0 Å². The molecule has 2 amide bonds. The molecular formula is C40H63ClN6O6S3. The maximum atomic E-state index is 12.9. The molecule has 314 valence electrons. The molecule has 0 bridgehead atoms. The molecule has 56 heavy (non-hydrogen) atoms. The molecule has 0 saturated carbocycles. The predicted molar refractivity (Wildman–Crippen MR) is 225 cm³/mol. The van der Waals surface area contributed by atoms with Gasteiger partial charge in [0.05, 0.1) is 11.7 Å². The van der Waals surface area contributed by atoms with Crippen LogP contribution in [0.5, 0.6) is 0 Å². The number of aromatic nitrogens is 2. The van der Waals surface area contributed by atoms with Crippen molar-refractivity contribution in [3.8, 4) is 0 Å². The van der Waals surface area contributed by atoms with Crippen LogP contribution in [0.4, 0.5) is 9.59 Å². The number of nitrogens with zero attached hydrogens (tertiary/aromatic N) is 4. The molecule has 0 radical (unpaired) electrons. The molecule has 2 aromatic rings. The summed E-state index contributed by atoms with van der Waals surface area (Å²) < 4.78 is 43.4. The Morgan fingerprint density at radius 3 is 1.68 bits per heavy atom. The van der Waals surface area contributed by atoms with Crippen LogP contribution in [0.15, 0.2) is 18.3 Å². The highest BCUT2D eigenvalue weighted by molar-refractivity contribution is 7.91.